The lowest BCUT2D eigenvalue weighted by atomic mass is 10.2. The predicted molar refractivity (Wildman–Crippen MR) is 95.6 cm³/mol. The number of H-pyrrole nitrogens is 1. The maximum absolute atomic E-state index is 12.6. The number of aromatic nitrogens is 3. The van der Waals surface area contributed by atoms with Gasteiger partial charge in [-0.05, 0) is 29.8 Å². The second-order valence-electron chi connectivity index (χ2n) is 5.40. The lowest BCUT2D eigenvalue weighted by Crippen LogP contribution is -2.14. The van der Waals surface area contributed by atoms with Crippen LogP contribution >= 0.6 is 11.3 Å². The van der Waals surface area contributed by atoms with Crippen LogP contribution in [-0.2, 0) is 6.61 Å². The summed E-state index contributed by atoms with van der Waals surface area (Å²) < 4.78 is 1.84. The summed E-state index contributed by atoms with van der Waals surface area (Å²) in [6.45, 7) is -0.00109. The van der Waals surface area contributed by atoms with Crippen LogP contribution in [0.25, 0.3) is 16.7 Å². The number of rotatable bonds is 3. The van der Waals surface area contributed by atoms with E-state index in [2.05, 4.69) is 15.0 Å². The highest BCUT2D eigenvalue weighted by Gasteiger charge is 2.12. The number of benzene rings is 1. The van der Waals surface area contributed by atoms with E-state index in [1.807, 2.05) is 46.5 Å². The summed E-state index contributed by atoms with van der Waals surface area (Å²) in [7, 11) is 0. The molecule has 3 heterocycles. The number of pyridine rings is 1. The highest BCUT2D eigenvalue weighted by Crippen LogP contribution is 2.16. The summed E-state index contributed by atoms with van der Waals surface area (Å²) in [5.74, 6) is -0.317. The summed E-state index contributed by atoms with van der Waals surface area (Å²) in [5.41, 5.74) is 2.88. The predicted octanol–water partition coefficient (Wildman–Crippen LogP) is 2.65. The van der Waals surface area contributed by atoms with Crippen molar-refractivity contribution in [3.63, 3.8) is 0 Å². The van der Waals surface area contributed by atoms with Crippen molar-refractivity contribution in [2.45, 2.75) is 6.61 Å². The van der Waals surface area contributed by atoms with Crippen molar-refractivity contribution in [2.75, 3.05) is 0 Å². The molecule has 3 aromatic heterocycles. The summed E-state index contributed by atoms with van der Waals surface area (Å²) in [4.78, 5) is 24.7. The number of aliphatic hydroxyl groups is 1. The smallest absolute Gasteiger partial charge is 0.281 e. The third-order valence-corrected chi connectivity index (χ3v) is 4.62. The van der Waals surface area contributed by atoms with Gasteiger partial charge >= 0.3 is 0 Å². The van der Waals surface area contributed by atoms with Crippen LogP contribution in [0.2, 0.25) is 0 Å². The van der Waals surface area contributed by atoms with Gasteiger partial charge in [-0.15, -0.1) is 11.3 Å². The fraction of sp³-hybridized carbons (Fsp3) is 0.0556. The van der Waals surface area contributed by atoms with Gasteiger partial charge in [-0.25, -0.2) is 4.98 Å². The van der Waals surface area contributed by atoms with Crippen LogP contribution in [0.3, 0.4) is 0 Å². The first kappa shape index (κ1) is 15.5. The molecule has 0 unspecified atom stereocenters. The molecule has 0 aliphatic rings. The Kier molecular flexibility index (Phi) is 4.01. The molecular formula is C18H14N4O2S. The van der Waals surface area contributed by atoms with Crippen molar-refractivity contribution >= 4 is 28.3 Å². The number of hydrogen-bond acceptors (Lipinski definition) is 4. The molecule has 4 rings (SSSR count). The minimum atomic E-state index is -0.317. The fourth-order valence-corrected chi connectivity index (χ4v) is 3.31. The second kappa shape index (κ2) is 6.46. The molecule has 0 fully saturated rings. The summed E-state index contributed by atoms with van der Waals surface area (Å²) >= 11 is 1.39. The van der Waals surface area contributed by atoms with E-state index < -0.39 is 0 Å². The third-order valence-electron chi connectivity index (χ3n) is 3.87. The molecule has 1 amide bonds. The van der Waals surface area contributed by atoms with E-state index in [1.165, 1.54) is 11.3 Å². The van der Waals surface area contributed by atoms with Gasteiger partial charge in [0.15, 0.2) is 4.80 Å². The molecule has 2 N–H and O–H groups in total. The number of amides is 1. The van der Waals surface area contributed by atoms with Crippen molar-refractivity contribution in [2.24, 2.45) is 4.99 Å². The molecule has 0 saturated carbocycles. The Hall–Kier alpha value is -3.03. The number of hydrogen-bond donors (Lipinski definition) is 2. The number of thiazole rings is 1. The van der Waals surface area contributed by atoms with Gasteiger partial charge in [-0.3, -0.25) is 9.36 Å². The van der Waals surface area contributed by atoms with Gasteiger partial charge in [0.25, 0.3) is 5.91 Å². The molecule has 0 bridgehead atoms. The van der Waals surface area contributed by atoms with E-state index in [0.29, 0.717) is 16.0 Å². The molecule has 25 heavy (non-hydrogen) atoms. The van der Waals surface area contributed by atoms with Gasteiger partial charge in [-0.2, -0.15) is 4.99 Å². The van der Waals surface area contributed by atoms with Gasteiger partial charge in [0.1, 0.15) is 5.65 Å². The maximum Gasteiger partial charge on any atom is 0.281 e. The number of carbonyl (C=O) groups excluding carboxylic acids is 1. The van der Waals surface area contributed by atoms with E-state index in [9.17, 15) is 4.79 Å². The second-order valence-corrected chi connectivity index (χ2v) is 6.27. The van der Waals surface area contributed by atoms with Crippen LogP contribution in [0.15, 0.2) is 65.4 Å². The number of nitrogens with one attached hydrogen (secondary N) is 1. The molecule has 0 aliphatic heterocycles. The Morgan fingerprint density at radius 1 is 1.28 bits per heavy atom. The van der Waals surface area contributed by atoms with Crippen LogP contribution in [-0.4, -0.2) is 25.5 Å². The Morgan fingerprint density at radius 3 is 2.92 bits per heavy atom. The van der Waals surface area contributed by atoms with Gasteiger partial charge in [-0.1, -0.05) is 12.1 Å². The van der Waals surface area contributed by atoms with Crippen LogP contribution in [0, 0.1) is 0 Å². The minimum absolute atomic E-state index is 0.00109. The van der Waals surface area contributed by atoms with Gasteiger partial charge in [0.2, 0.25) is 0 Å². The number of aromatic amines is 1. The maximum atomic E-state index is 12.6. The molecule has 7 heteroatoms. The standard InChI is InChI=1S/C18H14N4O2S/c23-11-12-3-5-13(6-4-12)22-8-9-25-18(22)21-17(24)15-10-20-16-14(15)2-1-7-19-16/h1-10,23H,11H2,(H,19,20). The molecule has 1 aromatic carbocycles. The van der Waals surface area contributed by atoms with Crippen LogP contribution in [0.5, 0.6) is 0 Å². The minimum Gasteiger partial charge on any atom is -0.392 e. The number of fused-ring (bicyclic) bond motifs is 1. The van der Waals surface area contributed by atoms with E-state index in [1.54, 1.807) is 18.5 Å². The van der Waals surface area contributed by atoms with Crippen molar-refractivity contribution in [1.82, 2.24) is 14.5 Å². The molecule has 0 atom stereocenters. The van der Waals surface area contributed by atoms with E-state index in [-0.39, 0.29) is 12.5 Å². The topological polar surface area (TPSA) is 83.3 Å². The van der Waals surface area contributed by atoms with E-state index in [4.69, 9.17) is 5.11 Å². The largest absolute Gasteiger partial charge is 0.392 e. The number of nitrogens with zero attached hydrogens (tertiary/aromatic N) is 3. The number of aliphatic hydroxyl groups excluding tert-OH is 1. The third kappa shape index (κ3) is 2.90. The Bertz CT molecular complexity index is 1110. The van der Waals surface area contributed by atoms with E-state index >= 15 is 0 Å². The molecule has 0 spiro atoms. The molecule has 4 aromatic rings. The quantitative estimate of drug-likeness (QED) is 0.596. The Balaban J connectivity index is 1.75. The highest BCUT2D eigenvalue weighted by molar-refractivity contribution is 7.07. The molecule has 124 valence electrons. The average Bonchev–Trinajstić information content (AvgIpc) is 3.28. The first-order valence-electron chi connectivity index (χ1n) is 7.64. The normalized spacial score (nSPS) is 12.0. The van der Waals surface area contributed by atoms with Crippen LogP contribution < -0.4 is 4.80 Å². The first-order chi connectivity index (χ1) is 12.3. The number of carbonyl (C=O) groups is 1. The molecule has 0 radical (unpaired) electrons. The van der Waals surface area contributed by atoms with E-state index in [0.717, 1.165) is 16.6 Å². The van der Waals surface area contributed by atoms with Crippen molar-refractivity contribution < 1.29 is 9.90 Å². The zero-order chi connectivity index (χ0) is 17.2. The summed E-state index contributed by atoms with van der Waals surface area (Å²) in [6, 6.07) is 11.1. The van der Waals surface area contributed by atoms with Crippen LogP contribution in [0.4, 0.5) is 0 Å². The summed E-state index contributed by atoms with van der Waals surface area (Å²) in [5, 5.41) is 11.8. The molecule has 6 nitrogen and oxygen atoms in total. The monoisotopic (exact) mass is 350 g/mol. The highest BCUT2D eigenvalue weighted by atomic mass is 32.1. The summed E-state index contributed by atoms with van der Waals surface area (Å²) in [6.07, 6.45) is 5.17. The zero-order valence-corrected chi connectivity index (χ0v) is 13.9. The van der Waals surface area contributed by atoms with Gasteiger partial charge in [0.05, 0.1) is 12.2 Å². The van der Waals surface area contributed by atoms with Crippen LogP contribution in [0.1, 0.15) is 15.9 Å². The zero-order valence-electron chi connectivity index (χ0n) is 13.1. The Morgan fingerprint density at radius 2 is 2.12 bits per heavy atom. The molecule has 0 aliphatic carbocycles. The SMILES string of the molecule is O=C(N=c1sccn1-c1ccc(CO)cc1)c1c[nH]c2ncccc12. The van der Waals surface area contributed by atoms with Crippen molar-refractivity contribution in [1.29, 1.82) is 0 Å². The molecular weight excluding hydrogens is 336 g/mol. The first-order valence-corrected chi connectivity index (χ1v) is 8.52. The van der Waals surface area contributed by atoms with Gasteiger partial charge < -0.3 is 10.1 Å². The van der Waals surface area contributed by atoms with Gasteiger partial charge in [0, 0.05) is 35.0 Å². The average molecular weight is 350 g/mol. The lowest BCUT2D eigenvalue weighted by Gasteiger charge is -2.03. The fourth-order valence-electron chi connectivity index (χ4n) is 2.59. The lowest BCUT2D eigenvalue weighted by molar-refractivity contribution is 0.0999. The Labute approximate surface area is 146 Å². The van der Waals surface area contributed by atoms with Crippen molar-refractivity contribution in [3.05, 3.63) is 76.3 Å². The molecule has 0 saturated heterocycles. The van der Waals surface area contributed by atoms with Crippen molar-refractivity contribution in [3.8, 4) is 5.69 Å².